The summed E-state index contributed by atoms with van der Waals surface area (Å²) in [5.74, 6) is 1.65. The second kappa shape index (κ2) is 8.58. The highest BCUT2D eigenvalue weighted by Gasteiger charge is 2.36. The summed E-state index contributed by atoms with van der Waals surface area (Å²) in [6.45, 7) is 2.33. The molecule has 6 heteroatoms. The third kappa shape index (κ3) is 4.14. The van der Waals surface area contributed by atoms with E-state index < -0.39 is 6.10 Å². The van der Waals surface area contributed by atoms with Gasteiger partial charge in [0.1, 0.15) is 6.10 Å². The van der Waals surface area contributed by atoms with Gasteiger partial charge in [-0.15, -0.1) is 12.4 Å². The first-order chi connectivity index (χ1) is 11.2. The van der Waals surface area contributed by atoms with Gasteiger partial charge in [0.15, 0.2) is 11.5 Å². The molecule has 3 N–H and O–H groups in total. The number of fused-ring (bicyclic) bond motifs is 1. The molecule has 2 aliphatic rings. The highest BCUT2D eigenvalue weighted by atomic mass is 35.5. The van der Waals surface area contributed by atoms with E-state index in [1.165, 1.54) is 19.3 Å². The maximum absolute atomic E-state index is 12.7. The molecule has 1 amide bonds. The zero-order chi connectivity index (χ0) is 16.2. The molecule has 1 aromatic rings. The average molecular weight is 355 g/mol. The molecule has 0 radical (unpaired) electrons. The number of para-hydroxylation sites is 2. The molecule has 0 bridgehead atoms. The van der Waals surface area contributed by atoms with E-state index >= 15 is 0 Å². The van der Waals surface area contributed by atoms with E-state index in [1.807, 2.05) is 31.2 Å². The Labute approximate surface area is 149 Å². The Bertz CT molecular complexity index is 549. The lowest BCUT2D eigenvalue weighted by Gasteiger charge is -2.34. The Morgan fingerprint density at radius 1 is 1.21 bits per heavy atom. The van der Waals surface area contributed by atoms with E-state index in [0.29, 0.717) is 24.0 Å². The minimum atomic E-state index is -0.637. The average Bonchev–Trinajstić information content (AvgIpc) is 2.59. The summed E-state index contributed by atoms with van der Waals surface area (Å²) in [4.78, 5) is 12.7. The second-order valence-corrected chi connectivity index (χ2v) is 6.56. The molecule has 0 aromatic heterocycles. The van der Waals surface area contributed by atoms with Crippen molar-refractivity contribution in [3.8, 4) is 11.5 Å². The van der Waals surface area contributed by atoms with Crippen molar-refractivity contribution in [2.24, 2.45) is 11.7 Å². The zero-order valence-corrected chi connectivity index (χ0v) is 14.9. The standard InChI is InChI=1S/C18H26N2O3.ClH/c1-12-17(23-16-10-6-5-9-15(16)22-12)18(21)20-14(11-19)13-7-3-2-4-8-13;/h5-6,9-10,12-14,17H,2-4,7-8,11,19H2,1H3,(H,20,21);1H. The number of amides is 1. The van der Waals surface area contributed by atoms with Crippen LogP contribution in [-0.4, -0.2) is 30.7 Å². The summed E-state index contributed by atoms with van der Waals surface area (Å²) in [6, 6.07) is 7.46. The Morgan fingerprint density at radius 3 is 2.46 bits per heavy atom. The molecule has 5 nitrogen and oxygen atoms in total. The lowest BCUT2D eigenvalue weighted by atomic mass is 9.84. The van der Waals surface area contributed by atoms with E-state index in [0.717, 1.165) is 12.8 Å². The van der Waals surface area contributed by atoms with Gasteiger partial charge in [0, 0.05) is 12.6 Å². The molecule has 0 saturated heterocycles. The van der Waals surface area contributed by atoms with Gasteiger partial charge < -0.3 is 20.5 Å². The number of benzene rings is 1. The molecule has 24 heavy (non-hydrogen) atoms. The van der Waals surface area contributed by atoms with Crippen molar-refractivity contribution in [3.05, 3.63) is 24.3 Å². The number of hydrogen-bond acceptors (Lipinski definition) is 4. The van der Waals surface area contributed by atoms with Crippen LogP contribution in [0.2, 0.25) is 0 Å². The van der Waals surface area contributed by atoms with Gasteiger partial charge in [-0.05, 0) is 37.8 Å². The van der Waals surface area contributed by atoms with Crippen LogP contribution in [0.5, 0.6) is 11.5 Å². The predicted molar refractivity (Wildman–Crippen MR) is 95.8 cm³/mol. The Balaban J connectivity index is 0.00000208. The first-order valence-electron chi connectivity index (χ1n) is 8.62. The van der Waals surface area contributed by atoms with Crippen molar-refractivity contribution in [2.75, 3.05) is 6.54 Å². The van der Waals surface area contributed by atoms with Crippen LogP contribution in [0.25, 0.3) is 0 Å². The smallest absolute Gasteiger partial charge is 0.265 e. The van der Waals surface area contributed by atoms with E-state index in [2.05, 4.69) is 5.32 Å². The van der Waals surface area contributed by atoms with Crippen molar-refractivity contribution < 1.29 is 14.3 Å². The number of halogens is 1. The van der Waals surface area contributed by atoms with Crippen molar-refractivity contribution >= 4 is 18.3 Å². The van der Waals surface area contributed by atoms with Crippen molar-refractivity contribution in [1.82, 2.24) is 5.32 Å². The Hall–Kier alpha value is -1.46. The molecular weight excluding hydrogens is 328 g/mol. The quantitative estimate of drug-likeness (QED) is 0.871. The van der Waals surface area contributed by atoms with Crippen molar-refractivity contribution in [1.29, 1.82) is 0 Å². The van der Waals surface area contributed by atoms with E-state index in [-0.39, 0.29) is 30.5 Å². The fraction of sp³-hybridized carbons (Fsp3) is 0.611. The molecule has 3 atom stereocenters. The summed E-state index contributed by atoms with van der Waals surface area (Å²) >= 11 is 0. The summed E-state index contributed by atoms with van der Waals surface area (Å²) in [5.41, 5.74) is 5.91. The van der Waals surface area contributed by atoms with Crippen LogP contribution in [0, 0.1) is 5.92 Å². The Morgan fingerprint density at radius 2 is 1.83 bits per heavy atom. The minimum Gasteiger partial charge on any atom is -0.482 e. The molecule has 1 heterocycles. The van der Waals surface area contributed by atoms with E-state index in [9.17, 15) is 4.79 Å². The summed E-state index contributed by atoms with van der Waals surface area (Å²) < 4.78 is 11.7. The molecule has 1 aromatic carbocycles. The molecule has 3 unspecified atom stereocenters. The van der Waals surface area contributed by atoms with Gasteiger partial charge in [-0.1, -0.05) is 31.4 Å². The first-order valence-corrected chi connectivity index (χ1v) is 8.62. The van der Waals surface area contributed by atoms with Crippen molar-refractivity contribution in [2.45, 2.75) is 57.3 Å². The third-order valence-corrected chi connectivity index (χ3v) is 4.90. The second-order valence-electron chi connectivity index (χ2n) is 6.56. The number of rotatable bonds is 4. The number of ether oxygens (including phenoxy) is 2. The molecule has 1 aliphatic heterocycles. The number of carbonyl (C=O) groups excluding carboxylic acids is 1. The molecule has 0 spiro atoms. The lowest BCUT2D eigenvalue weighted by Crippen LogP contribution is -2.54. The van der Waals surface area contributed by atoms with Crippen LogP contribution in [0.4, 0.5) is 0 Å². The van der Waals surface area contributed by atoms with Gasteiger partial charge >= 0.3 is 0 Å². The lowest BCUT2D eigenvalue weighted by molar-refractivity contribution is -0.134. The summed E-state index contributed by atoms with van der Waals surface area (Å²) in [7, 11) is 0. The molecule has 1 saturated carbocycles. The van der Waals surface area contributed by atoms with E-state index in [1.54, 1.807) is 0 Å². The molecular formula is C18H27ClN2O3. The summed E-state index contributed by atoms with van der Waals surface area (Å²) in [6.07, 6.45) is 5.06. The topological polar surface area (TPSA) is 73.6 Å². The van der Waals surface area contributed by atoms with Gasteiger partial charge in [0.25, 0.3) is 5.91 Å². The third-order valence-electron chi connectivity index (χ3n) is 4.90. The highest BCUT2D eigenvalue weighted by molar-refractivity contribution is 5.85. The minimum absolute atomic E-state index is 0. The number of nitrogens with two attached hydrogens (primary N) is 1. The van der Waals surface area contributed by atoms with Gasteiger partial charge in [-0.25, -0.2) is 0 Å². The van der Waals surface area contributed by atoms with Crippen LogP contribution >= 0.6 is 12.4 Å². The fourth-order valence-corrected chi connectivity index (χ4v) is 3.58. The van der Waals surface area contributed by atoms with Crippen LogP contribution in [0.3, 0.4) is 0 Å². The summed E-state index contributed by atoms with van der Waals surface area (Å²) in [5, 5.41) is 3.10. The number of carbonyl (C=O) groups is 1. The predicted octanol–water partition coefficient (Wildman–Crippen LogP) is 2.66. The number of hydrogen-bond donors (Lipinski definition) is 2. The monoisotopic (exact) mass is 354 g/mol. The molecule has 134 valence electrons. The highest BCUT2D eigenvalue weighted by Crippen LogP contribution is 2.33. The fourth-order valence-electron chi connectivity index (χ4n) is 3.58. The zero-order valence-electron chi connectivity index (χ0n) is 14.1. The van der Waals surface area contributed by atoms with Gasteiger partial charge in [0.05, 0.1) is 0 Å². The maximum Gasteiger partial charge on any atom is 0.265 e. The van der Waals surface area contributed by atoms with Gasteiger partial charge in [-0.3, -0.25) is 4.79 Å². The SMILES string of the molecule is CC1Oc2ccccc2OC1C(=O)NC(CN)C1CCCCC1.Cl. The van der Waals surface area contributed by atoms with Crippen LogP contribution in [0.1, 0.15) is 39.0 Å². The first kappa shape index (κ1) is 18.9. The van der Waals surface area contributed by atoms with Gasteiger partial charge in [-0.2, -0.15) is 0 Å². The molecule has 3 rings (SSSR count). The van der Waals surface area contributed by atoms with Crippen LogP contribution < -0.4 is 20.5 Å². The van der Waals surface area contributed by atoms with Crippen LogP contribution in [0.15, 0.2) is 24.3 Å². The van der Waals surface area contributed by atoms with Gasteiger partial charge in [0.2, 0.25) is 6.10 Å². The van der Waals surface area contributed by atoms with Crippen molar-refractivity contribution in [3.63, 3.8) is 0 Å². The Kier molecular flexibility index (Phi) is 6.75. The maximum atomic E-state index is 12.7. The molecule has 1 fully saturated rings. The number of nitrogens with one attached hydrogen (secondary N) is 1. The normalized spacial score (nSPS) is 24.6. The van der Waals surface area contributed by atoms with Crippen LogP contribution in [-0.2, 0) is 4.79 Å². The van der Waals surface area contributed by atoms with E-state index in [4.69, 9.17) is 15.2 Å². The molecule has 1 aliphatic carbocycles. The largest absolute Gasteiger partial charge is 0.482 e.